The third-order valence-corrected chi connectivity index (χ3v) is 5.71. The van der Waals surface area contributed by atoms with Crippen molar-refractivity contribution in [2.45, 2.75) is 30.0 Å². The van der Waals surface area contributed by atoms with Gasteiger partial charge in [0.25, 0.3) is 5.91 Å². The molecule has 150 valence electrons. The fourth-order valence-corrected chi connectivity index (χ4v) is 4.38. The predicted molar refractivity (Wildman–Crippen MR) is 96.6 cm³/mol. The van der Waals surface area contributed by atoms with E-state index in [1.54, 1.807) is 19.3 Å². The molecule has 0 saturated carbocycles. The summed E-state index contributed by atoms with van der Waals surface area (Å²) in [6, 6.07) is 2.05. The van der Waals surface area contributed by atoms with E-state index in [4.69, 9.17) is 0 Å². The number of nitrogens with zero attached hydrogens (tertiary/aromatic N) is 1. The lowest BCUT2D eigenvalue weighted by Crippen LogP contribution is -2.27. The Morgan fingerprint density at radius 1 is 1.43 bits per heavy atom. The van der Waals surface area contributed by atoms with Crippen LogP contribution in [0.5, 0.6) is 0 Å². The zero-order chi connectivity index (χ0) is 20.6. The Hall–Kier alpha value is -2.46. The highest BCUT2D eigenvalue weighted by molar-refractivity contribution is 7.83. The molecule has 0 spiro atoms. The van der Waals surface area contributed by atoms with Crippen molar-refractivity contribution in [1.29, 1.82) is 0 Å². The maximum absolute atomic E-state index is 13.4. The van der Waals surface area contributed by atoms with E-state index in [2.05, 4.69) is 16.6 Å². The lowest BCUT2D eigenvalue weighted by Gasteiger charge is -2.12. The number of hydrogen-bond acceptors (Lipinski definition) is 2. The number of carbonyl (C=O) groups is 1. The summed E-state index contributed by atoms with van der Waals surface area (Å²) in [6.45, 7) is 3.67. The van der Waals surface area contributed by atoms with Crippen molar-refractivity contribution in [2.24, 2.45) is 7.05 Å². The van der Waals surface area contributed by atoms with Crippen molar-refractivity contribution in [3.8, 4) is 0 Å². The quantitative estimate of drug-likeness (QED) is 0.595. The number of halogens is 4. The van der Waals surface area contributed by atoms with E-state index >= 15 is 0 Å². The molecule has 2 atom stereocenters. The van der Waals surface area contributed by atoms with Crippen LogP contribution in [0.2, 0.25) is 0 Å². The van der Waals surface area contributed by atoms with Gasteiger partial charge in [-0.05, 0) is 31.0 Å². The topological polar surface area (TPSA) is 63.1 Å². The molecule has 1 aliphatic rings. The Morgan fingerprint density at radius 3 is 2.79 bits per heavy atom. The Morgan fingerprint density at radius 2 is 2.14 bits per heavy atom. The fourth-order valence-electron chi connectivity index (χ4n) is 3.08. The van der Waals surface area contributed by atoms with Crippen molar-refractivity contribution < 1.29 is 26.6 Å². The molecule has 1 unspecified atom stereocenters. The SMILES string of the molecule is C=C[C@H]1CCc2c(cn(C)c2C(=O)Nc2ccc(F)c(C(F)(F)F)c2)S(=O)N1. The molecule has 2 heterocycles. The van der Waals surface area contributed by atoms with Crippen LogP contribution in [0.15, 0.2) is 41.9 Å². The van der Waals surface area contributed by atoms with Crippen LogP contribution in [0.25, 0.3) is 0 Å². The van der Waals surface area contributed by atoms with Crippen LogP contribution in [-0.4, -0.2) is 20.7 Å². The van der Waals surface area contributed by atoms with Gasteiger partial charge in [0.1, 0.15) is 22.5 Å². The van der Waals surface area contributed by atoms with Gasteiger partial charge in [0.15, 0.2) is 0 Å². The zero-order valence-corrected chi connectivity index (χ0v) is 15.6. The molecule has 1 aromatic carbocycles. The molecule has 3 rings (SSSR count). The summed E-state index contributed by atoms with van der Waals surface area (Å²) in [5.41, 5.74) is -0.915. The van der Waals surface area contributed by atoms with Gasteiger partial charge >= 0.3 is 6.18 Å². The summed E-state index contributed by atoms with van der Waals surface area (Å²) in [6.07, 6.45) is -0.715. The Bertz CT molecular complexity index is 968. The highest BCUT2D eigenvalue weighted by atomic mass is 32.2. The summed E-state index contributed by atoms with van der Waals surface area (Å²) in [7, 11) is 0.0270. The number of carbonyl (C=O) groups excluding carboxylic acids is 1. The molecule has 1 aromatic heterocycles. The van der Waals surface area contributed by atoms with Gasteiger partial charge in [-0.15, -0.1) is 6.58 Å². The third-order valence-electron chi connectivity index (χ3n) is 4.44. The summed E-state index contributed by atoms with van der Waals surface area (Å²) < 4.78 is 68.9. The predicted octanol–water partition coefficient (Wildman–Crippen LogP) is 3.55. The number of anilines is 1. The average Bonchev–Trinajstić information content (AvgIpc) is 2.87. The van der Waals surface area contributed by atoms with E-state index in [0.29, 0.717) is 35.4 Å². The number of aromatic nitrogens is 1. The van der Waals surface area contributed by atoms with Crippen LogP contribution < -0.4 is 10.0 Å². The molecule has 5 nitrogen and oxygen atoms in total. The van der Waals surface area contributed by atoms with E-state index < -0.39 is 34.4 Å². The van der Waals surface area contributed by atoms with E-state index in [0.717, 1.165) is 6.07 Å². The van der Waals surface area contributed by atoms with Gasteiger partial charge in [-0.25, -0.2) is 13.3 Å². The monoisotopic (exact) mass is 415 g/mol. The number of fused-ring (bicyclic) bond motifs is 1. The molecule has 2 N–H and O–H groups in total. The number of nitrogens with one attached hydrogen (secondary N) is 2. The van der Waals surface area contributed by atoms with Crippen molar-refractivity contribution in [3.05, 3.63) is 59.7 Å². The third kappa shape index (κ3) is 3.88. The van der Waals surface area contributed by atoms with Crippen molar-refractivity contribution in [3.63, 3.8) is 0 Å². The molecular formula is C18H17F4N3O2S. The van der Waals surface area contributed by atoms with Gasteiger partial charge in [0, 0.05) is 30.5 Å². The molecule has 0 bridgehead atoms. The minimum atomic E-state index is -4.88. The van der Waals surface area contributed by atoms with Gasteiger partial charge < -0.3 is 9.88 Å². The molecular weight excluding hydrogens is 398 g/mol. The average molecular weight is 415 g/mol. The first kappa shape index (κ1) is 20.3. The maximum atomic E-state index is 13.4. The van der Waals surface area contributed by atoms with Gasteiger partial charge in [-0.3, -0.25) is 4.79 Å². The molecule has 1 aliphatic heterocycles. The molecule has 1 amide bonds. The van der Waals surface area contributed by atoms with Gasteiger partial charge in [0.2, 0.25) is 0 Å². The second-order valence-electron chi connectivity index (χ2n) is 6.35. The first-order chi connectivity index (χ1) is 13.1. The Balaban J connectivity index is 1.93. The molecule has 0 aliphatic carbocycles. The number of aryl methyl sites for hydroxylation is 1. The highest BCUT2D eigenvalue weighted by Crippen LogP contribution is 2.33. The molecule has 2 aromatic rings. The van der Waals surface area contributed by atoms with Gasteiger partial charge in [-0.2, -0.15) is 13.2 Å². The smallest absolute Gasteiger partial charge is 0.345 e. The van der Waals surface area contributed by atoms with Crippen LogP contribution in [0.3, 0.4) is 0 Å². The maximum Gasteiger partial charge on any atom is 0.419 e. The summed E-state index contributed by atoms with van der Waals surface area (Å²) >= 11 is 0. The Labute approximate surface area is 161 Å². The van der Waals surface area contributed by atoms with Crippen LogP contribution in [0.4, 0.5) is 23.2 Å². The number of hydrogen-bond donors (Lipinski definition) is 2. The molecule has 0 fully saturated rings. The summed E-state index contributed by atoms with van der Waals surface area (Å²) in [4.78, 5) is 13.2. The molecule has 28 heavy (non-hydrogen) atoms. The largest absolute Gasteiger partial charge is 0.419 e. The summed E-state index contributed by atoms with van der Waals surface area (Å²) in [5.74, 6) is -2.09. The van der Waals surface area contributed by atoms with E-state index in [1.807, 2.05) is 0 Å². The highest BCUT2D eigenvalue weighted by Gasteiger charge is 2.34. The zero-order valence-electron chi connectivity index (χ0n) is 14.8. The minimum Gasteiger partial charge on any atom is -0.345 e. The number of alkyl halides is 3. The number of amides is 1. The Kier molecular flexibility index (Phi) is 5.44. The molecule has 0 radical (unpaired) electrons. The van der Waals surface area contributed by atoms with Crippen molar-refractivity contribution in [1.82, 2.24) is 9.29 Å². The van der Waals surface area contributed by atoms with Crippen LogP contribution in [0.1, 0.15) is 28.0 Å². The standard InChI is InChI=1S/C18H17F4N3O2S/c1-3-10-4-6-12-15(28(27)24-10)9-25(2)16(12)17(26)23-11-5-7-14(19)13(8-11)18(20,21)22/h3,5,7-10,24H,1,4,6H2,2H3,(H,23,26)/t10-,28?/m0/s1. The lowest BCUT2D eigenvalue weighted by molar-refractivity contribution is -0.139. The van der Waals surface area contributed by atoms with Crippen LogP contribution >= 0.6 is 0 Å². The summed E-state index contributed by atoms with van der Waals surface area (Å²) in [5, 5.41) is 2.37. The fraction of sp³-hybridized carbons (Fsp3) is 0.278. The molecule has 10 heteroatoms. The van der Waals surface area contributed by atoms with Gasteiger partial charge in [-0.1, -0.05) is 6.08 Å². The molecule has 0 saturated heterocycles. The van der Waals surface area contributed by atoms with E-state index in [-0.39, 0.29) is 17.4 Å². The van der Waals surface area contributed by atoms with Crippen LogP contribution in [-0.2, 0) is 30.6 Å². The lowest BCUT2D eigenvalue weighted by atomic mass is 10.1. The van der Waals surface area contributed by atoms with Gasteiger partial charge in [0.05, 0.1) is 10.5 Å². The number of rotatable bonds is 3. The van der Waals surface area contributed by atoms with E-state index in [1.165, 1.54) is 4.57 Å². The first-order valence-electron chi connectivity index (χ1n) is 8.28. The first-order valence-corrected chi connectivity index (χ1v) is 9.43. The minimum absolute atomic E-state index is 0.188. The van der Waals surface area contributed by atoms with E-state index in [9.17, 15) is 26.6 Å². The second kappa shape index (κ2) is 7.51. The van der Waals surface area contributed by atoms with Crippen molar-refractivity contribution in [2.75, 3.05) is 5.32 Å². The number of benzene rings is 1. The second-order valence-corrected chi connectivity index (χ2v) is 7.56. The van der Waals surface area contributed by atoms with Crippen molar-refractivity contribution >= 4 is 22.6 Å². The van der Waals surface area contributed by atoms with Crippen LogP contribution in [0, 0.1) is 5.82 Å². The normalized spacial score (nSPS) is 19.6.